The molecule has 0 aromatic heterocycles. The molecule has 1 aromatic rings. The Hall–Kier alpha value is -1.81. The predicted molar refractivity (Wildman–Crippen MR) is 65.2 cm³/mol. The fourth-order valence-corrected chi connectivity index (χ4v) is 1.39. The number of hydrogen-bond donors (Lipinski definition) is 1. The summed E-state index contributed by atoms with van der Waals surface area (Å²) in [7, 11) is 1.60. The first-order valence-electron chi connectivity index (χ1n) is 5.27. The van der Waals surface area contributed by atoms with Crippen molar-refractivity contribution in [3.8, 4) is 5.75 Å². The zero-order valence-electron chi connectivity index (χ0n) is 9.97. The summed E-state index contributed by atoms with van der Waals surface area (Å²) in [5, 5.41) is 8.60. The standard InChI is InChI=1S/C13H16O4/c1-10-4-3-5-11(6-7-12(14)15)13(10)17-9-8-16-2/h3-7H,8-9H2,1-2H3,(H,14,15)/b7-6+. The third kappa shape index (κ3) is 4.28. The fourth-order valence-electron chi connectivity index (χ4n) is 1.39. The molecule has 92 valence electrons. The Balaban J connectivity index is 2.87. The van der Waals surface area contributed by atoms with Crippen LogP contribution in [0, 0.1) is 6.92 Å². The summed E-state index contributed by atoms with van der Waals surface area (Å²) in [5.41, 5.74) is 1.72. The minimum atomic E-state index is -0.977. The molecule has 1 aromatic carbocycles. The van der Waals surface area contributed by atoms with E-state index in [4.69, 9.17) is 14.6 Å². The summed E-state index contributed by atoms with van der Waals surface area (Å²) in [6.45, 7) is 2.85. The lowest BCUT2D eigenvalue weighted by Gasteiger charge is -2.11. The Morgan fingerprint density at radius 3 is 2.82 bits per heavy atom. The quantitative estimate of drug-likeness (QED) is 0.607. The van der Waals surface area contributed by atoms with Crippen LogP contribution in [0.3, 0.4) is 0 Å². The highest BCUT2D eigenvalue weighted by Crippen LogP contribution is 2.24. The average Bonchev–Trinajstić information content (AvgIpc) is 2.29. The van der Waals surface area contributed by atoms with Gasteiger partial charge >= 0.3 is 5.97 Å². The molecule has 4 heteroatoms. The number of aliphatic carboxylic acids is 1. The van der Waals surface area contributed by atoms with Crippen molar-refractivity contribution >= 4 is 12.0 Å². The Bertz CT molecular complexity index is 410. The predicted octanol–water partition coefficient (Wildman–Crippen LogP) is 2.12. The van der Waals surface area contributed by atoms with Crippen molar-refractivity contribution in [1.82, 2.24) is 0 Å². The normalized spacial score (nSPS) is 10.7. The molecule has 0 amide bonds. The maximum atomic E-state index is 10.5. The molecular formula is C13H16O4. The van der Waals surface area contributed by atoms with Crippen LogP contribution in [0.25, 0.3) is 6.08 Å². The second-order valence-electron chi connectivity index (χ2n) is 3.51. The molecule has 0 unspecified atom stereocenters. The van der Waals surface area contributed by atoms with E-state index in [1.165, 1.54) is 6.08 Å². The van der Waals surface area contributed by atoms with Crippen LogP contribution in [0.1, 0.15) is 11.1 Å². The molecule has 4 nitrogen and oxygen atoms in total. The molecule has 0 aliphatic carbocycles. The minimum Gasteiger partial charge on any atom is -0.490 e. The van der Waals surface area contributed by atoms with E-state index in [9.17, 15) is 4.79 Å². The van der Waals surface area contributed by atoms with Crippen molar-refractivity contribution < 1.29 is 19.4 Å². The van der Waals surface area contributed by atoms with Gasteiger partial charge in [-0.15, -0.1) is 0 Å². The fraction of sp³-hybridized carbons (Fsp3) is 0.308. The van der Waals surface area contributed by atoms with Crippen molar-refractivity contribution in [2.45, 2.75) is 6.92 Å². The average molecular weight is 236 g/mol. The molecule has 0 aliphatic heterocycles. The molecule has 0 radical (unpaired) electrons. The highest BCUT2D eigenvalue weighted by atomic mass is 16.5. The monoisotopic (exact) mass is 236 g/mol. The van der Waals surface area contributed by atoms with E-state index in [0.29, 0.717) is 19.0 Å². The third-order valence-corrected chi connectivity index (χ3v) is 2.18. The van der Waals surface area contributed by atoms with Crippen LogP contribution < -0.4 is 4.74 Å². The second kappa shape index (κ2) is 6.70. The lowest BCUT2D eigenvalue weighted by atomic mass is 10.1. The Kier molecular flexibility index (Phi) is 5.23. The van der Waals surface area contributed by atoms with Gasteiger partial charge in [-0.3, -0.25) is 0 Å². The molecule has 0 bridgehead atoms. The Labute approximate surface area is 100 Å². The van der Waals surface area contributed by atoms with Gasteiger partial charge in [0.2, 0.25) is 0 Å². The van der Waals surface area contributed by atoms with Crippen molar-refractivity contribution in [2.75, 3.05) is 20.3 Å². The number of para-hydroxylation sites is 1. The molecule has 0 atom stereocenters. The van der Waals surface area contributed by atoms with Gasteiger partial charge in [-0.2, -0.15) is 0 Å². The number of carboxylic acid groups (broad SMARTS) is 1. The molecule has 0 saturated heterocycles. The lowest BCUT2D eigenvalue weighted by Crippen LogP contribution is -2.06. The maximum Gasteiger partial charge on any atom is 0.328 e. The minimum absolute atomic E-state index is 0.440. The van der Waals surface area contributed by atoms with E-state index >= 15 is 0 Å². The molecular weight excluding hydrogens is 220 g/mol. The number of carbonyl (C=O) groups is 1. The highest BCUT2D eigenvalue weighted by molar-refractivity contribution is 5.86. The van der Waals surface area contributed by atoms with Crippen LogP contribution in [0.5, 0.6) is 5.75 Å². The number of ether oxygens (including phenoxy) is 2. The van der Waals surface area contributed by atoms with Crippen molar-refractivity contribution in [2.24, 2.45) is 0 Å². The van der Waals surface area contributed by atoms with E-state index in [1.807, 2.05) is 25.1 Å². The molecule has 0 heterocycles. The molecule has 0 spiro atoms. The number of methoxy groups -OCH3 is 1. The van der Waals surface area contributed by atoms with Crippen LogP contribution in [0.2, 0.25) is 0 Å². The van der Waals surface area contributed by atoms with Gasteiger partial charge in [-0.1, -0.05) is 18.2 Å². The van der Waals surface area contributed by atoms with Crippen LogP contribution in [-0.2, 0) is 9.53 Å². The van der Waals surface area contributed by atoms with E-state index in [2.05, 4.69) is 0 Å². The van der Waals surface area contributed by atoms with Gasteiger partial charge in [0.25, 0.3) is 0 Å². The molecule has 0 aliphatic rings. The van der Waals surface area contributed by atoms with E-state index in [-0.39, 0.29) is 0 Å². The molecule has 1 N–H and O–H groups in total. The second-order valence-corrected chi connectivity index (χ2v) is 3.51. The highest BCUT2D eigenvalue weighted by Gasteiger charge is 2.04. The number of aryl methyl sites for hydroxylation is 1. The van der Waals surface area contributed by atoms with Crippen LogP contribution >= 0.6 is 0 Å². The van der Waals surface area contributed by atoms with Crippen LogP contribution in [0.4, 0.5) is 0 Å². The molecule has 0 fully saturated rings. The first-order chi connectivity index (χ1) is 8.15. The third-order valence-electron chi connectivity index (χ3n) is 2.18. The Morgan fingerprint density at radius 1 is 1.41 bits per heavy atom. The van der Waals surface area contributed by atoms with Crippen LogP contribution in [0.15, 0.2) is 24.3 Å². The molecule has 17 heavy (non-hydrogen) atoms. The molecule has 1 rings (SSSR count). The van der Waals surface area contributed by atoms with E-state index in [1.54, 1.807) is 7.11 Å². The van der Waals surface area contributed by atoms with Gasteiger partial charge in [0.05, 0.1) is 6.61 Å². The smallest absolute Gasteiger partial charge is 0.328 e. The maximum absolute atomic E-state index is 10.5. The topological polar surface area (TPSA) is 55.8 Å². The summed E-state index contributed by atoms with van der Waals surface area (Å²) in [4.78, 5) is 10.5. The van der Waals surface area contributed by atoms with E-state index in [0.717, 1.165) is 17.2 Å². The molecule has 0 saturated carbocycles. The van der Waals surface area contributed by atoms with Crippen molar-refractivity contribution in [1.29, 1.82) is 0 Å². The van der Waals surface area contributed by atoms with Gasteiger partial charge in [-0.25, -0.2) is 4.79 Å². The lowest BCUT2D eigenvalue weighted by molar-refractivity contribution is -0.131. The zero-order chi connectivity index (χ0) is 12.7. The van der Waals surface area contributed by atoms with Crippen molar-refractivity contribution in [3.63, 3.8) is 0 Å². The summed E-state index contributed by atoms with van der Waals surface area (Å²) >= 11 is 0. The largest absolute Gasteiger partial charge is 0.490 e. The number of hydrogen-bond acceptors (Lipinski definition) is 3. The summed E-state index contributed by atoms with van der Waals surface area (Å²) < 4.78 is 10.5. The number of rotatable bonds is 6. The summed E-state index contributed by atoms with van der Waals surface area (Å²) in [6.07, 6.45) is 2.62. The first-order valence-corrected chi connectivity index (χ1v) is 5.27. The van der Waals surface area contributed by atoms with Gasteiger partial charge in [-0.05, 0) is 18.6 Å². The van der Waals surface area contributed by atoms with Crippen LogP contribution in [-0.4, -0.2) is 31.4 Å². The van der Waals surface area contributed by atoms with Gasteiger partial charge in [0.15, 0.2) is 0 Å². The Morgan fingerprint density at radius 2 is 2.18 bits per heavy atom. The number of carboxylic acids is 1. The zero-order valence-corrected chi connectivity index (χ0v) is 9.97. The van der Waals surface area contributed by atoms with Gasteiger partial charge in [0, 0.05) is 18.7 Å². The summed E-state index contributed by atoms with van der Waals surface area (Å²) in [6, 6.07) is 5.59. The summed E-state index contributed by atoms with van der Waals surface area (Å²) in [5.74, 6) is -0.281. The van der Waals surface area contributed by atoms with E-state index < -0.39 is 5.97 Å². The first kappa shape index (κ1) is 13.3. The van der Waals surface area contributed by atoms with Crippen molar-refractivity contribution in [3.05, 3.63) is 35.4 Å². The number of benzene rings is 1. The van der Waals surface area contributed by atoms with Gasteiger partial charge in [0.1, 0.15) is 12.4 Å². The SMILES string of the molecule is COCCOc1c(C)cccc1/C=C/C(=O)O. The van der Waals surface area contributed by atoms with Gasteiger partial charge < -0.3 is 14.6 Å².